The topological polar surface area (TPSA) is 87.8 Å². The van der Waals surface area contributed by atoms with Gasteiger partial charge in [-0.2, -0.15) is 0 Å². The maximum absolute atomic E-state index is 12.2. The van der Waals surface area contributed by atoms with Crippen LogP contribution in [-0.2, 0) is 4.79 Å². The summed E-state index contributed by atoms with van der Waals surface area (Å²) in [7, 11) is 3.33. The number of anilines is 2. The van der Waals surface area contributed by atoms with Gasteiger partial charge in [0.05, 0.1) is 25.4 Å². The number of rotatable bonds is 6. The molecule has 0 aliphatic heterocycles. The van der Waals surface area contributed by atoms with Crippen molar-refractivity contribution in [2.24, 2.45) is 0 Å². The second kappa shape index (κ2) is 7.12. The Morgan fingerprint density at radius 1 is 1.50 bits per heavy atom. The predicted molar refractivity (Wildman–Crippen MR) is 79.8 cm³/mol. The van der Waals surface area contributed by atoms with E-state index in [4.69, 9.17) is 15.6 Å². The SMILES string of the molecule is COc1ccc(N)cc1NC(=O)C(C)N(C)C(C)CO. The van der Waals surface area contributed by atoms with Crippen LogP contribution in [0, 0.1) is 0 Å². The first-order valence-corrected chi connectivity index (χ1v) is 6.47. The fraction of sp³-hybridized carbons (Fsp3) is 0.500. The molecule has 0 aromatic heterocycles. The summed E-state index contributed by atoms with van der Waals surface area (Å²) in [6, 6.07) is 4.58. The van der Waals surface area contributed by atoms with Crippen molar-refractivity contribution in [3.05, 3.63) is 18.2 Å². The lowest BCUT2D eigenvalue weighted by atomic mass is 10.2. The molecule has 0 fully saturated rings. The summed E-state index contributed by atoms with van der Waals surface area (Å²) in [5.41, 5.74) is 6.80. The molecule has 1 aromatic rings. The van der Waals surface area contributed by atoms with Gasteiger partial charge in [-0.05, 0) is 39.1 Å². The molecule has 0 aliphatic carbocycles. The van der Waals surface area contributed by atoms with Gasteiger partial charge in [-0.15, -0.1) is 0 Å². The molecule has 20 heavy (non-hydrogen) atoms. The molecule has 2 unspecified atom stereocenters. The van der Waals surface area contributed by atoms with Gasteiger partial charge >= 0.3 is 0 Å². The number of nitrogens with two attached hydrogens (primary N) is 1. The highest BCUT2D eigenvalue weighted by Crippen LogP contribution is 2.26. The van der Waals surface area contributed by atoms with Gasteiger partial charge in [-0.1, -0.05) is 0 Å². The first kappa shape index (κ1) is 16.3. The van der Waals surface area contributed by atoms with Crippen LogP contribution in [-0.4, -0.2) is 48.8 Å². The van der Waals surface area contributed by atoms with Crippen molar-refractivity contribution in [1.29, 1.82) is 0 Å². The number of nitrogen functional groups attached to an aromatic ring is 1. The minimum absolute atomic E-state index is 0.00424. The Hall–Kier alpha value is -1.79. The zero-order chi connectivity index (χ0) is 15.3. The van der Waals surface area contributed by atoms with Crippen molar-refractivity contribution < 1.29 is 14.6 Å². The summed E-state index contributed by atoms with van der Waals surface area (Å²) in [6.45, 7) is 3.63. The summed E-state index contributed by atoms with van der Waals surface area (Å²) in [5, 5.41) is 11.9. The number of benzene rings is 1. The molecule has 6 heteroatoms. The molecule has 0 saturated carbocycles. The van der Waals surface area contributed by atoms with E-state index in [-0.39, 0.29) is 24.6 Å². The molecule has 1 aromatic carbocycles. The third-order valence-electron chi connectivity index (χ3n) is 3.43. The van der Waals surface area contributed by atoms with E-state index in [1.54, 1.807) is 37.1 Å². The molecule has 0 spiro atoms. The summed E-state index contributed by atoms with van der Waals surface area (Å²) in [4.78, 5) is 14.0. The molecule has 0 aliphatic rings. The summed E-state index contributed by atoms with van der Waals surface area (Å²) >= 11 is 0. The lowest BCUT2D eigenvalue weighted by molar-refractivity contribution is -0.121. The molecule has 1 amide bonds. The number of ether oxygens (including phenoxy) is 1. The number of carbonyl (C=O) groups excluding carboxylic acids is 1. The van der Waals surface area contributed by atoms with Crippen molar-refractivity contribution in [1.82, 2.24) is 4.90 Å². The fourth-order valence-electron chi connectivity index (χ4n) is 1.76. The molecule has 2 atom stereocenters. The molecular formula is C14H23N3O3. The second-order valence-electron chi connectivity index (χ2n) is 4.82. The minimum Gasteiger partial charge on any atom is -0.495 e. The van der Waals surface area contributed by atoms with Gasteiger partial charge in [-0.3, -0.25) is 9.69 Å². The molecule has 6 nitrogen and oxygen atoms in total. The molecule has 0 bridgehead atoms. The predicted octanol–water partition coefficient (Wildman–Crippen LogP) is 0.917. The first-order chi connectivity index (χ1) is 9.40. The van der Waals surface area contributed by atoms with E-state index in [0.717, 1.165) is 0 Å². The number of amides is 1. The standard InChI is InChI=1S/C14H23N3O3/c1-9(8-18)17(3)10(2)14(19)16-12-7-11(15)5-6-13(12)20-4/h5-7,9-10,18H,8,15H2,1-4H3,(H,16,19). The summed E-state index contributed by atoms with van der Waals surface area (Å²) in [5.74, 6) is 0.370. The van der Waals surface area contributed by atoms with Gasteiger partial charge in [0.2, 0.25) is 5.91 Å². The van der Waals surface area contributed by atoms with Crippen LogP contribution in [0.25, 0.3) is 0 Å². The Morgan fingerprint density at radius 2 is 2.15 bits per heavy atom. The number of nitrogens with one attached hydrogen (secondary N) is 1. The Balaban J connectivity index is 2.82. The molecule has 0 saturated heterocycles. The highest BCUT2D eigenvalue weighted by molar-refractivity contribution is 5.96. The Bertz CT molecular complexity index is 465. The number of aliphatic hydroxyl groups is 1. The molecule has 112 valence electrons. The summed E-state index contributed by atoms with van der Waals surface area (Å²) < 4.78 is 5.19. The smallest absolute Gasteiger partial charge is 0.241 e. The van der Waals surface area contributed by atoms with Gasteiger partial charge < -0.3 is 20.9 Å². The normalized spacial score (nSPS) is 13.9. The van der Waals surface area contributed by atoms with E-state index in [9.17, 15) is 4.79 Å². The van der Waals surface area contributed by atoms with Crippen LogP contribution in [0.4, 0.5) is 11.4 Å². The molecule has 0 heterocycles. The van der Waals surface area contributed by atoms with Gasteiger partial charge in [0.1, 0.15) is 5.75 Å². The number of aliphatic hydroxyl groups excluding tert-OH is 1. The number of hydrogen-bond donors (Lipinski definition) is 3. The monoisotopic (exact) mass is 281 g/mol. The lowest BCUT2D eigenvalue weighted by Gasteiger charge is -2.28. The van der Waals surface area contributed by atoms with Gasteiger partial charge in [0, 0.05) is 11.7 Å². The van der Waals surface area contributed by atoms with Crippen LogP contribution >= 0.6 is 0 Å². The average Bonchev–Trinajstić information content (AvgIpc) is 2.45. The second-order valence-corrected chi connectivity index (χ2v) is 4.82. The number of likely N-dealkylation sites (N-methyl/N-ethyl adjacent to an activating group) is 1. The number of hydrogen-bond acceptors (Lipinski definition) is 5. The number of nitrogens with zero attached hydrogens (tertiary/aromatic N) is 1. The van der Waals surface area contributed by atoms with Crippen LogP contribution < -0.4 is 15.8 Å². The Morgan fingerprint density at radius 3 is 2.70 bits per heavy atom. The zero-order valence-corrected chi connectivity index (χ0v) is 12.4. The zero-order valence-electron chi connectivity index (χ0n) is 12.4. The third kappa shape index (κ3) is 3.85. The van der Waals surface area contributed by atoms with Crippen molar-refractivity contribution in [2.45, 2.75) is 25.9 Å². The Labute approximate surface area is 119 Å². The van der Waals surface area contributed by atoms with E-state index in [1.165, 1.54) is 7.11 Å². The van der Waals surface area contributed by atoms with Crippen molar-refractivity contribution in [3.8, 4) is 5.75 Å². The average molecular weight is 281 g/mol. The van der Waals surface area contributed by atoms with Crippen LogP contribution in [0.15, 0.2) is 18.2 Å². The van der Waals surface area contributed by atoms with E-state index < -0.39 is 0 Å². The van der Waals surface area contributed by atoms with E-state index in [0.29, 0.717) is 17.1 Å². The van der Waals surface area contributed by atoms with Crippen LogP contribution in [0.3, 0.4) is 0 Å². The van der Waals surface area contributed by atoms with Gasteiger partial charge in [0.15, 0.2) is 0 Å². The van der Waals surface area contributed by atoms with Gasteiger partial charge in [-0.25, -0.2) is 0 Å². The van der Waals surface area contributed by atoms with Crippen LogP contribution in [0.5, 0.6) is 5.75 Å². The summed E-state index contributed by atoms with van der Waals surface area (Å²) in [6.07, 6.45) is 0. The van der Waals surface area contributed by atoms with Crippen LogP contribution in [0.2, 0.25) is 0 Å². The van der Waals surface area contributed by atoms with Crippen LogP contribution in [0.1, 0.15) is 13.8 Å². The van der Waals surface area contributed by atoms with E-state index in [1.807, 2.05) is 6.92 Å². The molecule has 4 N–H and O–H groups in total. The van der Waals surface area contributed by atoms with Crippen molar-refractivity contribution in [2.75, 3.05) is 31.8 Å². The molecule has 0 radical (unpaired) electrons. The van der Waals surface area contributed by atoms with E-state index in [2.05, 4.69) is 5.32 Å². The minimum atomic E-state index is -0.386. The number of methoxy groups -OCH3 is 1. The van der Waals surface area contributed by atoms with E-state index >= 15 is 0 Å². The highest BCUT2D eigenvalue weighted by atomic mass is 16.5. The fourth-order valence-corrected chi connectivity index (χ4v) is 1.76. The quantitative estimate of drug-likeness (QED) is 0.675. The van der Waals surface area contributed by atoms with Gasteiger partial charge in [0.25, 0.3) is 0 Å². The lowest BCUT2D eigenvalue weighted by Crippen LogP contribution is -2.45. The number of carbonyl (C=O) groups is 1. The maximum Gasteiger partial charge on any atom is 0.241 e. The largest absolute Gasteiger partial charge is 0.495 e. The maximum atomic E-state index is 12.2. The molecule has 1 rings (SSSR count). The highest BCUT2D eigenvalue weighted by Gasteiger charge is 2.22. The third-order valence-corrected chi connectivity index (χ3v) is 3.43. The van der Waals surface area contributed by atoms with Crippen molar-refractivity contribution in [3.63, 3.8) is 0 Å². The Kier molecular flexibility index (Phi) is 5.79. The van der Waals surface area contributed by atoms with Crippen molar-refractivity contribution >= 4 is 17.3 Å². The first-order valence-electron chi connectivity index (χ1n) is 6.47. The molecular weight excluding hydrogens is 258 g/mol.